The lowest BCUT2D eigenvalue weighted by molar-refractivity contribution is 0.111. The summed E-state index contributed by atoms with van der Waals surface area (Å²) >= 11 is 0. The molecule has 188 valence electrons. The molecule has 0 radical (unpaired) electrons. The van der Waals surface area contributed by atoms with E-state index < -0.39 is 26.7 Å². The van der Waals surface area contributed by atoms with Crippen molar-refractivity contribution in [2.75, 3.05) is 5.32 Å². The number of halogens is 1. The third kappa shape index (κ3) is 6.27. The number of carbonyl (C=O) groups is 1. The Labute approximate surface area is 204 Å². The number of hydrogen-bond donors (Lipinski definition) is 1. The number of alkyl halides is 1. The van der Waals surface area contributed by atoms with Crippen molar-refractivity contribution < 1.29 is 18.3 Å². The van der Waals surface area contributed by atoms with Crippen LogP contribution in [0.3, 0.4) is 0 Å². The smallest absolute Gasteiger partial charge is 0.413 e. The Kier molecular flexibility index (Phi) is 7.62. The molecule has 0 saturated heterocycles. The van der Waals surface area contributed by atoms with E-state index in [0.29, 0.717) is 18.7 Å². The molecular weight excluding hydrogens is 449 g/mol. The van der Waals surface area contributed by atoms with Crippen LogP contribution in [-0.4, -0.2) is 36.5 Å². The van der Waals surface area contributed by atoms with E-state index in [1.807, 2.05) is 57.2 Å². The fraction of sp³-hybridized carbons (Fsp3) is 0.615. The van der Waals surface area contributed by atoms with E-state index in [1.165, 1.54) is 0 Å². The highest BCUT2D eigenvalue weighted by atomic mass is 28.4. The van der Waals surface area contributed by atoms with Crippen LogP contribution in [0.2, 0.25) is 18.1 Å². The summed E-state index contributed by atoms with van der Waals surface area (Å²) in [6.07, 6.45) is -1.02. The van der Waals surface area contributed by atoms with Gasteiger partial charge in [-0.2, -0.15) is 5.10 Å². The Morgan fingerprint density at radius 3 is 2.38 bits per heavy atom. The van der Waals surface area contributed by atoms with E-state index in [2.05, 4.69) is 39.2 Å². The van der Waals surface area contributed by atoms with Crippen LogP contribution in [0.1, 0.15) is 71.6 Å². The normalized spacial score (nSPS) is 21.5. The molecule has 1 N–H and O–H groups in total. The second-order valence-electron chi connectivity index (χ2n) is 11.8. The molecule has 6 nitrogen and oxygen atoms in total. The van der Waals surface area contributed by atoms with Crippen LogP contribution in [0.5, 0.6) is 0 Å². The predicted molar refractivity (Wildman–Crippen MR) is 136 cm³/mol. The molecular formula is C26H40FN3O3Si. The summed E-state index contributed by atoms with van der Waals surface area (Å²) in [7, 11) is -2.08. The first-order valence-electron chi connectivity index (χ1n) is 12.1. The van der Waals surface area contributed by atoms with Crippen LogP contribution in [0.15, 0.2) is 36.4 Å². The van der Waals surface area contributed by atoms with Crippen molar-refractivity contribution >= 4 is 20.2 Å². The van der Waals surface area contributed by atoms with Gasteiger partial charge in [0.2, 0.25) is 0 Å². The van der Waals surface area contributed by atoms with Gasteiger partial charge in [0.1, 0.15) is 18.6 Å². The average Bonchev–Trinajstić information content (AvgIpc) is 3.30. The van der Waals surface area contributed by atoms with Crippen LogP contribution in [0, 0.1) is 0 Å². The largest absolute Gasteiger partial charge is 0.444 e. The first-order chi connectivity index (χ1) is 15.7. The van der Waals surface area contributed by atoms with E-state index in [4.69, 9.17) is 14.3 Å². The molecule has 0 unspecified atom stereocenters. The minimum Gasteiger partial charge on any atom is -0.444 e. The van der Waals surface area contributed by atoms with Crippen molar-refractivity contribution in [3.8, 4) is 0 Å². The molecule has 1 heterocycles. The summed E-state index contributed by atoms with van der Waals surface area (Å²) in [5.41, 5.74) is 1.32. The summed E-state index contributed by atoms with van der Waals surface area (Å²) in [4.78, 5) is 12.5. The Morgan fingerprint density at radius 1 is 1.15 bits per heavy atom. The van der Waals surface area contributed by atoms with Gasteiger partial charge >= 0.3 is 6.09 Å². The highest BCUT2D eigenvalue weighted by Gasteiger charge is 2.45. The Morgan fingerprint density at radius 2 is 1.79 bits per heavy atom. The molecule has 1 aromatic heterocycles. The van der Waals surface area contributed by atoms with Gasteiger partial charge in [-0.25, -0.2) is 13.9 Å². The maximum absolute atomic E-state index is 15.0. The zero-order valence-corrected chi connectivity index (χ0v) is 22.8. The van der Waals surface area contributed by atoms with Gasteiger partial charge in [-0.15, -0.1) is 0 Å². The molecule has 1 aliphatic rings. The van der Waals surface area contributed by atoms with Crippen molar-refractivity contribution in [1.29, 1.82) is 0 Å². The number of hydrogen-bond acceptors (Lipinski definition) is 4. The maximum atomic E-state index is 15.0. The number of ether oxygens (including phenoxy) is 1. The molecule has 1 saturated carbocycles. The zero-order chi connectivity index (χ0) is 25.3. The highest BCUT2D eigenvalue weighted by molar-refractivity contribution is 6.74. The van der Waals surface area contributed by atoms with Crippen LogP contribution in [0.4, 0.5) is 15.0 Å². The number of benzene rings is 1. The van der Waals surface area contributed by atoms with Crippen LogP contribution in [-0.2, 0) is 21.3 Å². The molecule has 34 heavy (non-hydrogen) atoms. The quantitative estimate of drug-likeness (QED) is 0.444. The van der Waals surface area contributed by atoms with Gasteiger partial charge in [0, 0.05) is 12.0 Å². The van der Waals surface area contributed by atoms with E-state index in [1.54, 1.807) is 4.68 Å². The minimum atomic E-state index is -2.08. The van der Waals surface area contributed by atoms with Gasteiger partial charge in [0.15, 0.2) is 8.32 Å². The standard InChI is InChI=1S/C26H40FN3O3Si/c1-25(2,3)30-23(28-24(31)32-17-18-12-10-9-11-13-18)16-21(29-30)19-14-20(27)22(15-19)33-34(7,8)26(4,5)6/h9-13,16,19-20,22H,14-15,17H2,1-8H3,(H,28,31)/t19-,20+,22-/m1/s1. The molecule has 0 spiro atoms. The molecule has 1 aromatic carbocycles. The first-order valence-corrected chi connectivity index (χ1v) is 15.0. The molecule has 8 heteroatoms. The first kappa shape index (κ1) is 26.4. The lowest BCUT2D eigenvalue weighted by Crippen LogP contribution is -2.45. The summed E-state index contributed by atoms with van der Waals surface area (Å²) in [5.74, 6) is 0.485. The number of aromatic nitrogens is 2. The Bertz CT molecular complexity index is 979. The van der Waals surface area contributed by atoms with Gasteiger partial charge in [-0.05, 0) is 57.3 Å². The van der Waals surface area contributed by atoms with Crippen molar-refractivity contribution in [3.05, 3.63) is 47.7 Å². The van der Waals surface area contributed by atoms with Gasteiger partial charge in [-0.1, -0.05) is 51.1 Å². The Balaban J connectivity index is 1.73. The number of carbonyl (C=O) groups excluding carboxylic acids is 1. The van der Waals surface area contributed by atoms with Crippen molar-refractivity contribution in [2.24, 2.45) is 0 Å². The van der Waals surface area contributed by atoms with Crippen LogP contribution >= 0.6 is 0 Å². The van der Waals surface area contributed by atoms with E-state index in [-0.39, 0.29) is 23.1 Å². The monoisotopic (exact) mass is 489 g/mol. The second-order valence-corrected chi connectivity index (χ2v) is 16.6. The number of amides is 1. The van der Waals surface area contributed by atoms with E-state index in [0.717, 1.165) is 11.3 Å². The van der Waals surface area contributed by atoms with Crippen molar-refractivity contribution in [3.63, 3.8) is 0 Å². The molecule has 2 aromatic rings. The van der Waals surface area contributed by atoms with Gasteiger partial charge in [-0.3, -0.25) is 5.32 Å². The topological polar surface area (TPSA) is 65.4 Å². The lowest BCUT2D eigenvalue weighted by atomic mass is 10.0. The van der Waals surface area contributed by atoms with Gasteiger partial charge in [0.25, 0.3) is 0 Å². The van der Waals surface area contributed by atoms with Gasteiger partial charge in [0.05, 0.1) is 17.3 Å². The SMILES string of the molecule is CC(C)(C)n1nc([C@@H]2C[C@H](F)[C@H](O[Si](C)(C)C(C)(C)C)C2)cc1NC(=O)OCc1ccccc1. The lowest BCUT2D eigenvalue weighted by Gasteiger charge is -2.38. The van der Waals surface area contributed by atoms with Gasteiger partial charge < -0.3 is 9.16 Å². The summed E-state index contributed by atoms with van der Waals surface area (Å²) in [5, 5.41) is 7.64. The van der Waals surface area contributed by atoms with E-state index >= 15 is 4.39 Å². The maximum Gasteiger partial charge on any atom is 0.413 e. The molecule has 1 amide bonds. The fourth-order valence-electron chi connectivity index (χ4n) is 3.93. The zero-order valence-electron chi connectivity index (χ0n) is 21.8. The fourth-order valence-corrected chi connectivity index (χ4v) is 5.28. The predicted octanol–water partition coefficient (Wildman–Crippen LogP) is 6.99. The summed E-state index contributed by atoms with van der Waals surface area (Å²) in [6, 6.07) is 11.4. The Hall–Kier alpha value is -2.19. The minimum absolute atomic E-state index is 0.0236. The average molecular weight is 490 g/mol. The van der Waals surface area contributed by atoms with Crippen molar-refractivity contribution in [2.45, 2.75) is 103 Å². The summed E-state index contributed by atoms with van der Waals surface area (Å²) in [6.45, 7) is 17.0. The van der Waals surface area contributed by atoms with E-state index in [9.17, 15) is 4.79 Å². The van der Waals surface area contributed by atoms with Crippen LogP contribution in [0.25, 0.3) is 0 Å². The third-order valence-corrected chi connectivity index (χ3v) is 11.4. The van der Waals surface area contributed by atoms with Crippen molar-refractivity contribution in [1.82, 2.24) is 9.78 Å². The molecule has 0 bridgehead atoms. The number of rotatable bonds is 6. The molecule has 0 aliphatic heterocycles. The molecule has 1 aliphatic carbocycles. The number of nitrogens with one attached hydrogen (secondary N) is 1. The third-order valence-electron chi connectivity index (χ3n) is 6.91. The molecule has 1 fully saturated rings. The highest BCUT2D eigenvalue weighted by Crippen LogP contribution is 2.44. The number of nitrogens with zero attached hydrogens (tertiary/aromatic N) is 2. The van der Waals surface area contributed by atoms with Crippen LogP contribution < -0.4 is 5.32 Å². The molecule has 3 rings (SSSR count). The molecule has 3 atom stereocenters. The number of anilines is 1. The second kappa shape index (κ2) is 9.82. The summed E-state index contributed by atoms with van der Waals surface area (Å²) < 4.78 is 28.6.